The summed E-state index contributed by atoms with van der Waals surface area (Å²) in [5.74, 6) is 1.84. The van der Waals surface area contributed by atoms with Gasteiger partial charge in [-0.3, -0.25) is 0 Å². The van der Waals surface area contributed by atoms with Gasteiger partial charge < -0.3 is 24.1 Å². The van der Waals surface area contributed by atoms with E-state index in [1.165, 1.54) is 5.56 Å². The Morgan fingerprint density at radius 2 is 2.28 bits per heavy atom. The van der Waals surface area contributed by atoms with Crippen molar-refractivity contribution in [2.24, 2.45) is 7.05 Å². The van der Waals surface area contributed by atoms with Gasteiger partial charge in [0.25, 0.3) is 0 Å². The maximum absolute atomic E-state index is 5.91. The molecule has 0 saturated carbocycles. The van der Waals surface area contributed by atoms with Crippen molar-refractivity contribution < 1.29 is 14.2 Å². The highest BCUT2D eigenvalue weighted by Gasteiger charge is 2.31. The molecule has 1 aromatic heterocycles. The van der Waals surface area contributed by atoms with Gasteiger partial charge in [-0.25, -0.2) is 4.98 Å². The van der Waals surface area contributed by atoms with Crippen LogP contribution in [0.5, 0.6) is 5.75 Å². The number of nitrogens with one attached hydrogen (secondary N) is 1. The van der Waals surface area contributed by atoms with Crippen LogP contribution in [-0.4, -0.2) is 35.9 Å². The van der Waals surface area contributed by atoms with Crippen LogP contribution in [0.2, 0.25) is 0 Å². The summed E-state index contributed by atoms with van der Waals surface area (Å²) in [5.41, 5.74) is 2.29. The summed E-state index contributed by atoms with van der Waals surface area (Å²) in [7, 11) is 3.70. The van der Waals surface area contributed by atoms with Gasteiger partial charge in [0, 0.05) is 50.8 Å². The average Bonchev–Trinajstić information content (AvgIpc) is 3.26. The van der Waals surface area contributed by atoms with E-state index < -0.39 is 0 Å². The molecule has 0 radical (unpaired) electrons. The van der Waals surface area contributed by atoms with E-state index in [0.29, 0.717) is 13.2 Å². The fourth-order valence-corrected chi connectivity index (χ4v) is 3.22. The van der Waals surface area contributed by atoms with Crippen molar-refractivity contribution in [3.05, 3.63) is 47.5 Å². The number of imidazole rings is 1. The summed E-state index contributed by atoms with van der Waals surface area (Å²) < 4.78 is 18.9. The number of benzene rings is 1. The first-order valence-corrected chi connectivity index (χ1v) is 8.78. The number of aryl methyl sites for hydroxylation is 1. The summed E-state index contributed by atoms with van der Waals surface area (Å²) in [6.07, 6.45) is 4.76. The largest absolute Gasteiger partial charge is 0.496 e. The van der Waals surface area contributed by atoms with Crippen LogP contribution < -0.4 is 10.1 Å². The average molecular weight is 345 g/mol. The number of hydrogen-bond acceptors (Lipinski definition) is 5. The second kappa shape index (κ2) is 8.47. The molecule has 3 rings (SSSR count). The van der Waals surface area contributed by atoms with E-state index in [-0.39, 0.29) is 12.1 Å². The highest BCUT2D eigenvalue weighted by Crippen LogP contribution is 2.28. The highest BCUT2D eigenvalue weighted by molar-refractivity contribution is 5.37. The van der Waals surface area contributed by atoms with Crippen LogP contribution in [0.4, 0.5) is 0 Å². The topological polar surface area (TPSA) is 57.5 Å². The third-order valence-electron chi connectivity index (χ3n) is 4.58. The molecular formula is C19H27N3O3. The molecule has 0 bridgehead atoms. The Morgan fingerprint density at radius 1 is 1.40 bits per heavy atom. The Hall–Kier alpha value is -1.89. The van der Waals surface area contributed by atoms with E-state index in [1.807, 2.05) is 37.0 Å². The number of rotatable bonds is 8. The number of methoxy groups -OCH3 is 1. The second-order valence-electron chi connectivity index (χ2n) is 6.25. The molecule has 2 atom stereocenters. The Labute approximate surface area is 149 Å². The Kier molecular flexibility index (Phi) is 6.07. The molecule has 1 aliphatic rings. The van der Waals surface area contributed by atoms with Crippen LogP contribution in [0.1, 0.15) is 36.4 Å². The minimum Gasteiger partial charge on any atom is -0.496 e. The summed E-state index contributed by atoms with van der Waals surface area (Å²) in [6, 6.07) is 6.51. The molecule has 0 spiro atoms. The molecule has 6 nitrogen and oxygen atoms in total. The first kappa shape index (κ1) is 17.9. The lowest BCUT2D eigenvalue weighted by Crippen LogP contribution is -2.32. The monoisotopic (exact) mass is 345 g/mol. The summed E-state index contributed by atoms with van der Waals surface area (Å²) in [6.45, 7) is 4.79. The zero-order valence-electron chi connectivity index (χ0n) is 15.2. The molecule has 136 valence electrons. The first-order valence-electron chi connectivity index (χ1n) is 8.78. The minimum absolute atomic E-state index is 0.00106. The Balaban J connectivity index is 1.65. The highest BCUT2D eigenvalue weighted by atomic mass is 16.5. The van der Waals surface area contributed by atoms with Crippen molar-refractivity contribution in [2.75, 3.05) is 20.3 Å². The molecule has 1 N–H and O–H groups in total. The third kappa shape index (κ3) is 4.21. The quantitative estimate of drug-likeness (QED) is 0.797. The van der Waals surface area contributed by atoms with Crippen molar-refractivity contribution in [2.45, 2.75) is 38.6 Å². The predicted molar refractivity (Wildman–Crippen MR) is 95.5 cm³/mol. The number of nitrogens with zero attached hydrogens (tertiary/aromatic N) is 2. The second-order valence-corrected chi connectivity index (χ2v) is 6.25. The van der Waals surface area contributed by atoms with Crippen molar-refractivity contribution in [1.82, 2.24) is 14.9 Å². The summed E-state index contributed by atoms with van der Waals surface area (Å²) in [4.78, 5) is 4.44. The molecule has 0 amide bonds. The van der Waals surface area contributed by atoms with Crippen molar-refractivity contribution in [1.29, 1.82) is 0 Å². The SMILES string of the molecule is CCOCc1cc(CN[C@H]2CCO[C@@H]2c2nccn2C)ccc1OC. The van der Waals surface area contributed by atoms with Gasteiger partial charge in [0.05, 0.1) is 13.7 Å². The van der Waals surface area contributed by atoms with E-state index in [9.17, 15) is 0 Å². The smallest absolute Gasteiger partial charge is 0.139 e. The fraction of sp³-hybridized carbons (Fsp3) is 0.526. The van der Waals surface area contributed by atoms with E-state index in [4.69, 9.17) is 14.2 Å². The van der Waals surface area contributed by atoms with E-state index in [1.54, 1.807) is 7.11 Å². The molecule has 0 aliphatic carbocycles. The molecule has 6 heteroatoms. The molecule has 1 aliphatic heterocycles. The standard InChI is InChI=1S/C19H27N3O3/c1-4-24-13-15-11-14(5-6-17(15)23-3)12-21-16-7-10-25-18(16)19-20-8-9-22(19)2/h5-6,8-9,11,16,18,21H,4,7,10,12-13H2,1-3H3/t16-,18-/m0/s1. The Morgan fingerprint density at radius 3 is 3.00 bits per heavy atom. The van der Waals surface area contributed by atoms with E-state index in [0.717, 1.165) is 36.7 Å². The van der Waals surface area contributed by atoms with Gasteiger partial charge in [-0.2, -0.15) is 0 Å². The molecule has 1 fully saturated rings. The molecule has 1 saturated heterocycles. The molecule has 25 heavy (non-hydrogen) atoms. The number of ether oxygens (including phenoxy) is 3. The van der Waals surface area contributed by atoms with Gasteiger partial charge >= 0.3 is 0 Å². The van der Waals surface area contributed by atoms with Crippen LogP contribution in [0.15, 0.2) is 30.6 Å². The maximum atomic E-state index is 5.91. The molecule has 0 unspecified atom stereocenters. The van der Waals surface area contributed by atoms with Gasteiger partial charge in [0.2, 0.25) is 0 Å². The van der Waals surface area contributed by atoms with Crippen LogP contribution >= 0.6 is 0 Å². The number of aromatic nitrogens is 2. The van der Waals surface area contributed by atoms with Gasteiger partial charge in [-0.1, -0.05) is 6.07 Å². The fourth-order valence-electron chi connectivity index (χ4n) is 3.22. The first-order chi connectivity index (χ1) is 12.2. The molecule has 2 aromatic rings. The van der Waals surface area contributed by atoms with Crippen LogP contribution in [0, 0.1) is 0 Å². The van der Waals surface area contributed by atoms with Crippen LogP contribution in [-0.2, 0) is 29.7 Å². The number of hydrogen-bond donors (Lipinski definition) is 1. The maximum Gasteiger partial charge on any atom is 0.139 e. The van der Waals surface area contributed by atoms with Crippen molar-refractivity contribution in [3.8, 4) is 5.75 Å². The predicted octanol–water partition coefficient (Wildman–Crippen LogP) is 2.59. The van der Waals surface area contributed by atoms with Crippen molar-refractivity contribution >= 4 is 0 Å². The van der Waals surface area contributed by atoms with Crippen molar-refractivity contribution in [3.63, 3.8) is 0 Å². The van der Waals surface area contributed by atoms with Gasteiger partial charge in [-0.15, -0.1) is 0 Å². The van der Waals surface area contributed by atoms with E-state index in [2.05, 4.69) is 22.4 Å². The van der Waals surface area contributed by atoms with Gasteiger partial charge in [-0.05, 0) is 31.0 Å². The molecule has 2 heterocycles. The lowest BCUT2D eigenvalue weighted by atomic mass is 10.1. The van der Waals surface area contributed by atoms with Crippen LogP contribution in [0.3, 0.4) is 0 Å². The lowest BCUT2D eigenvalue weighted by molar-refractivity contribution is 0.0893. The molecule has 1 aromatic carbocycles. The van der Waals surface area contributed by atoms with E-state index >= 15 is 0 Å². The Bertz CT molecular complexity index is 686. The zero-order chi connectivity index (χ0) is 17.6. The summed E-state index contributed by atoms with van der Waals surface area (Å²) >= 11 is 0. The third-order valence-corrected chi connectivity index (χ3v) is 4.58. The summed E-state index contributed by atoms with van der Waals surface area (Å²) in [5, 5.41) is 3.62. The zero-order valence-corrected chi connectivity index (χ0v) is 15.2. The lowest BCUT2D eigenvalue weighted by Gasteiger charge is -2.20. The van der Waals surface area contributed by atoms with Gasteiger partial charge in [0.1, 0.15) is 17.7 Å². The van der Waals surface area contributed by atoms with Gasteiger partial charge in [0.15, 0.2) is 0 Å². The van der Waals surface area contributed by atoms with Crippen LogP contribution in [0.25, 0.3) is 0 Å². The minimum atomic E-state index is 0.00106. The molecular weight excluding hydrogens is 318 g/mol. The normalized spacial score (nSPS) is 20.1.